The molecule has 1 N–H and O–H groups in total. The van der Waals surface area contributed by atoms with Crippen molar-refractivity contribution in [2.45, 2.75) is 13.8 Å². The Balaban J connectivity index is 1.39. The van der Waals surface area contributed by atoms with Crippen molar-refractivity contribution in [3.05, 3.63) is 89.8 Å². The normalized spacial score (nSPS) is 10.8. The topological polar surface area (TPSA) is 51.2 Å². The quantitative estimate of drug-likeness (QED) is 0.354. The van der Waals surface area contributed by atoms with Crippen LogP contribution in [0.2, 0.25) is 0 Å². The van der Waals surface area contributed by atoms with E-state index >= 15 is 0 Å². The predicted octanol–water partition coefficient (Wildman–Crippen LogP) is 6.76. The SMILES string of the molecule is CC(C)COc1ccc(C(=O)Nc2ccc(-c3csc(-c4ccccc4)n3)cc2)cc1. The molecule has 4 aromatic rings. The minimum Gasteiger partial charge on any atom is -0.493 e. The molecule has 0 aliphatic heterocycles. The molecule has 156 valence electrons. The molecule has 4 nitrogen and oxygen atoms in total. The van der Waals surface area contributed by atoms with Crippen molar-refractivity contribution in [3.63, 3.8) is 0 Å². The fourth-order valence-corrected chi connectivity index (χ4v) is 3.85. The van der Waals surface area contributed by atoms with E-state index in [9.17, 15) is 4.79 Å². The van der Waals surface area contributed by atoms with Crippen LogP contribution in [-0.2, 0) is 0 Å². The van der Waals surface area contributed by atoms with Crippen LogP contribution in [0, 0.1) is 5.92 Å². The third-order valence-corrected chi connectivity index (χ3v) is 5.55. The Labute approximate surface area is 186 Å². The first-order valence-corrected chi connectivity index (χ1v) is 11.1. The lowest BCUT2D eigenvalue weighted by atomic mass is 10.1. The summed E-state index contributed by atoms with van der Waals surface area (Å²) >= 11 is 1.62. The summed E-state index contributed by atoms with van der Waals surface area (Å²) in [5.74, 6) is 1.08. The molecular formula is C26H24N2O2S. The zero-order chi connectivity index (χ0) is 21.6. The van der Waals surface area contributed by atoms with Gasteiger partial charge < -0.3 is 10.1 Å². The second-order valence-electron chi connectivity index (χ2n) is 7.66. The molecule has 31 heavy (non-hydrogen) atoms. The van der Waals surface area contributed by atoms with Crippen molar-refractivity contribution in [3.8, 4) is 27.6 Å². The highest BCUT2D eigenvalue weighted by atomic mass is 32.1. The van der Waals surface area contributed by atoms with Gasteiger partial charge in [-0.05, 0) is 42.3 Å². The third kappa shape index (κ3) is 5.38. The van der Waals surface area contributed by atoms with Gasteiger partial charge in [-0.2, -0.15) is 0 Å². The van der Waals surface area contributed by atoms with E-state index in [1.165, 1.54) is 0 Å². The maximum atomic E-state index is 12.5. The van der Waals surface area contributed by atoms with Gasteiger partial charge in [0.15, 0.2) is 0 Å². The summed E-state index contributed by atoms with van der Waals surface area (Å²) in [6.45, 7) is 4.86. The minimum atomic E-state index is -0.150. The van der Waals surface area contributed by atoms with Crippen molar-refractivity contribution in [2.75, 3.05) is 11.9 Å². The molecule has 0 unspecified atom stereocenters. The number of hydrogen-bond acceptors (Lipinski definition) is 4. The van der Waals surface area contributed by atoms with Gasteiger partial charge in [-0.1, -0.05) is 56.3 Å². The highest BCUT2D eigenvalue weighted by molar-refractivity contribution is 7.13. The average molecular weight is 429 g/mol. The number of carbonyl (C=O) groups is 1. The van der Waals surface area contributed by atoms with Gasteiger partial charge in [0.2, 0.25) is 0 Å². The Morgan fingerprint density at radius 2 is 1.65 bits per heavy atom. The highest BCUT2D eigenvalue weighted by Crippen LogP contribution is 2.29. The van der Waals surface area contributed by atoms with E-state index in [4.69, 9.17) is 9.72 Å². The molecular weight excluding hydrogens is 404 g/mol. The lowest BCUT2D eigenvalue weighted by Gasteiger charge is -2.10. The van der Waals surface area contributed by atoms with E-state index in [1.54, 1.807) is 23.5 Å². The minimum absolute atomic E-state index is 0.150. The third-order valence-electron chi connectivity index (χ3n) is 4.66. The molecule has 0 saturated heterocycles. The largest absolute Gasteiger partial charge is 0.493 e. The van der Waals surface area contributed by atoms with Crippen LogP contribution in [0.4, 0.5) is 5.69 Å². The maximum Gasteiger partial charge on any atom is 0.255 e. The Hall–Kier alpha value is -3.44. The summed E-state index contributed by atoms with van der Waals surface area (Å²) in [4.78, 5) is 17.3. The lowest BCUT2D eigenvalue weighted by Crippen LogP contribution is -2.11. The smallest absolute Gasteiger partial charge is 0.255 e. The zero-order valence-corrected chi connectivity index (χ0v) is 18.4. The van der Waals surface area contributed by atoms with Crippen molar-refractivity contribution < 1.29 is 9.53 Å². The standard InChI is InChI=1S/C26H24N2O2S/c1-18(2)16-30-23-14-10-20(11-15-23)25(29)27-22-12-8-19(9-13-22)24-17-31-26(28-24)21-6-4-3-5-7-21/h3-15,17-18H,16H2,1-2H3,(H,27,29). The fourth-order valence-electron chi connectivity index (χ4n) is 3.01. The molecule has 1 aromatic heterocycles. The first kappa shape index (κ1) is 20.8. The van der Waals surface area contributed by atoms with Gasteiger partial charge in [0.05, 0.1) is 12.3 Å². The molecule has 1 amide bonds. The highest BCUT2D eigenvalue weighted by Gasteiger charge is 2.09. The molecule has 0 spiro atoms. The van der Waals surface area contributed by atoms with Crippen LogP contribution in [0.25, 0.3) is 21.8 Å². The number of amides is 1. The Morgan fingerprint density at radius 1 is 0.935 bits per heavy atom. The van der Waals surface area contributed by atoms with Crippen LogP contribution >= 0.6 is 11.3 Å². The number of rotatable bonds is 7. The van der Waals surface area contributed by atoms with Crippen LogP contribution in [-0.4, -0.2) is 17.5 Å². The summed E-state index contributed by atoms with van der Waals surface area (Å²) in [5, 5.41) is 5.99. The van der Waals surface area contributed by atoms with Gasteiger partial charge in [0.25, 0.3) is 5.91 Å². The van der Waals surface area contributed by atoms with E-state index in [0.717, 1.165) is 33.3 Å². The summed E-state index contributed by atoms with van der Waals surface area (Å²) in [5.41, 5.74) is 4.39. The van der Waals surface area contributed by atoms with Crippen LogP contribution in [0.5, 0.6) is 5.75 Å². The van der Waals surface area contributed by atoms with Crippen molar-refractivity contribution in [1.29, 1.82) is 0 Å². The first-order chi connectivity index (χ1) is 15.1. The number of thiazole rings is 1. The van der Waals surface area contributed by atoms with E-state index < -0.39 is 0 Å². The monoisotopic (exact) mass is 428 g/mol. The van der Waals surface area contributed by atoms with E-state index in [2.05, 4.69) is 36.7 Å². The van der Waals surface area contributed by atoms with Crippen LogP contribution in [0.1, 0.15) is 24.2 Å². The molecule has 1 heterocycles. The number of nitrogens with one attached hydrogen (secondary N) is 1. The van der Waals surface area contributed by atoms with Gasteiger partial charge >= 0.3 is 0 Å². The molecule has 0 aliphatic carbocycles. The van der Waals surface area contributed by atoms with Gasteiger partial charge in [0.1, 0.15) is 10.8 Å². The van der Waals surface area contributed by atoms with Gasteiger partial charge in [-0.25, -0.2) is 4.98 Å². The summed E-state index contributed by atoms with van der Waals surface area (Å²) in [7, 11) is 0. The summed E-state index contributed by atoms with van der Waals surface area (Å²) in [6.07, 6.45) is 0. The van der Waals surface area contributed by atoms with E-state index in [1.807, 2.05) is 54.6 Å². The summed E-state index contributed by atoms with van der Waals surface area (Å²) in [6, 6.07) is 25.1. The second-order valence-corrected chi connectivity index (χ2v) is 8.52. The number of carbonyl (C=O) groups excluding carboxylic acids is 1. The number of benzene rings is 3. The molecule has 0 bridgehead atoms. The van der Waals surface area contributed by atoms with Gasteiger partial charge in [-0.15, -0.1) is 11.3 Å². The molecule has 0 saturated carbocycles. The second kappa shape index (κ2) is 9.58. The molecule has 0 fully saturated rings. The maximum absolute atomic E-state index is 12.5. The molecule has 4 rings (SSSR count). The van der Waals surface area contributed by atoms with Crippen LogP contribution in [0.15, 0.2) is 84.2 Å². The number of anilines is 1. The van der Waals surface area contributed by atoms with Crippen molar-refractivity contribution >= 4 is 22.9 Å². The van der Waals surface area contributed by atoms with E-state index in [-0.39, 0.29) is 5.91 Å². The molecule has 3 aromatic carbocycles. The molecule has 0 radical (unpaired) electrons. The summed E-state index contributed by atoms with van der Waals surface area (Å²) < 4.78 is 5.67. The number of nitrogens with zero attached hydrogens (tertiary/aromatic N) is 1. The number of aromatic nitrogens is 1. The zero-order valence-electron chi connectivity index (χ0n) is 17.5. The van der Waals surface area contributed by atoms with Gasteiger partial charge in [0, 0.05) is 27.8 Å². The predicted molar refractivity (Wildman–Crippen MR) is 128 cm³/mol. The molecule has 0 atom stereocenters. The Morgan fingerprint density at radius 3 is 2.32 bits per heavy atom. The van der Waals surface area contributed by atoms with Crippen LogP contribution in [0.3, 0.4) is 0 Å². The van der Waals surface area contributed by atoms with Crippen molar-refractivity contribution in [2.24, 2.45) is 5.92 Å². The van der Waals surface area contributed by atoms with Crippen molar-refractivity contribution in [1.82, 2.24) is 4.98 Å². The Kier molecular flexibility index (Phi) is 6.43. The lowest BCUT2D eigenvalue weighted by molar-refractivity contribution is 0.102. The molecule has 5 heteroatoms. The first-order valence-electron chi connectivity index (χ1n) is 10.2. The Bertz CT molecular complexity index is 1130. The van der Waals surface area contributed by atoms with Gasteiger partial charge in [-0.3, -0.25) is 4.79 Å². The molecule has 0 aliphatic rings. The average Bonchev–Trinajstić information content (AvgIpc) is 3.29. The van der Waals surface area contributed by atoms with E-state index in [0.29, 0.717) is 18.1 Å². The fraction of sp³-hybridized carbons (Fsp3) is 0.154. The number of ether oxygens (including phenoxy) is 1. The van der Waals surface area contributed by atoms with Crippen LogP contribution < -0.4 is 10.1 Å². The number of hydrogen-bond donors (Lipinski definition) is 1.